The average molecular weight is 304 g/mol. The zero-order valence-electron chi connectivity index (χ0n) is 9.82. The second-order valence-corrected chi connectivity index (χ2v) is 5.83. The molecule has 1 aromatic rings. The Balaban J connectivity index is 0.00000256. The van der Waals surface area contributed by atoms with Gasteiger partial charge in [-0.1, -0.05) is 48.1 Å². The molecule has 0 aliphatic heterocycles. The number of rotatable bonds is 5. The van der Waals surface area contributed by atoms with Crippen molar-refractivity contribution >= 4 is 67.8 Å². The van der Waals surface area contributed by atoms with E-state index < -0.39 is 0 Å². The normalized spacial score (nSPS) is 10.6. The molecule has 0 bridgehead atoms. The predicted octanol–water partition coefficient (Wildman–Crippen LogP) is 4.88. The Hall–Kier alpha value is 0.787. The quantitative estimate of drug-likeness (QED) is 0.328. The number of benzene rings is 1. The summed E-state index contributed by atoms with van der Waals surface area (Å²) in [6.45, 7) is 2.09. The summed E-state index contributed by atoms with van der Waals surface area (Å²) in [5.74, 6) is 0. The van der Waals surface area contributed by atoms with E-state index in [0.29, 0.717) is 15.6 Å². The summed E-state index contributed by atoms with van der Waals surface area (Å²) in [7, 11) is 0.213. The topological polar surface area (TPSA) is 17.1 Å². The predicted molar refractivity (Wildman–Crippen MR) is 79.6 cm³/mol. The van der Waals surface area contributed by atoms with E-state index in [1.165, 1.54) is 0 Å². The fourth-order valence-electron chi connectivity index (χ4n) is 1.20. The van der Waals surface area contributed by atoms with E-state index in [9.17, 15) is 4.79 Å². The maximum Gasteiger partial charge on any atom is 0.184 e. The fourth-order valence-corrected chi connectivity index (χ4v) is 3.25. The van der Waals surface area contributed by atoms with E-state index in [1.807, 2.05) is 0 Å². The minimum absolute atomic E-state index is 0. The van der Waals surface area contributed by atoms with Crippen LogP contribution in [-0.2, 0) is 0 Å². The van der Waals surface area contributed by atoms with Gasteiger partial charge in [-0.05, 0) is 33.3 Å². The first-order valence-electron chi connectivity index (χ1n) is 4.99. The number of hydrogen-bond donors (Lipinski definition) is 0. The van der Waals surface area contributed by atoms with Gasteiger partial charge in [0.05, 0.1) is 20.6 Å². The molecule has 0 aromatic heterocycles. The standard InChI is InChI=1S/C11H12Cl3OP.Li/c1-2-3-6-16-11(15)9-7(12)4-5-8(13)10(9)14;/h4-5,16H,2-3,6H2,1H3;. The van der Waals surface area contributed by atoms with Gasteiger partial charge >= 0.3 is 0 Å². The van der Waals surface area contributed by atoms with E-state index in [-0.39, 0.29) is 38.0 Å². The van der Waals surface area contributed by atoms with Crippen LogP contribution in [0.3, 0.4) is 0 Å². The van der Waals surface area contributed by atoms with Crippen molar-refractivity contribution in [2.24, 2.45) is 0 Å². The van der Waals surface area contributed by atoms with Crippen molar-refractivity contribution < 1.29 is 4.79 Å². The molecular weight excluding hydrogens is 292 g/mol. The van der Waals surface area contributed by atoms with Crippen molar-refractivity contribution in [1.29, 1.82) is 0 Å². The number of carbonyl (C=O) groups is 1. The zero-order valence-corrected chi connectivity index (χ0v) is 13.1. The van der Waals surface area contributed by atoms with Crippen LogP contribution in [0.1, 0.15) is 30.1 Å². The van der Waals surface area contributed by atoms with Crippen LogP contribution in [-0.4, -0.2) is 30.5 Å². The molecule has 0 saturated carbocycles. The molecule has 1 radical (unpaired) electrons. The summed E-state index contributed by atoms with van der Waals surface area (Å²) in [5, 5.41) is 1.02. The van der Waals surface area contributed by atoms with E-state index in [1.54, 1.807) is 12.1 Å². The van der Waals surface area contributed by atoms with Gasteiger partial charge in [0, 0.05) is 18.9 Å². The Bertz CT molecular complexity index is 399. The molecule has 0 N–H and O–H groups in total. The van der Waals surface area contributed by atoms with E-state index in [4.69, 9.17) is 34.8 Å². The molecule has 1 unspecified atom stereocenters. The first kappa shape index (κ1) is 17.8. The monoisotopic (exact) mass is 303 g/mol. The second-order valence-electron chi connectivity index (χ2n) is 3.33. The summed E-state index contributed by atoms with van der Waals surface area (Å²) < 4.78 is 0. The first-order valence-corrected chi connectivity index (χ1v) is 7.33. The third-order valence-corrected chi connectivity index (χ3v) is 4.38. The molecule has 1 aromatic carbocycles. The third kappa shape index (κ3) is 5.12. The van der Waals surface area contributed by atoms with Crippen molar-refractivity contribution in [3.63, 3.8) is 0 Å². The van der Waals surface area contributed by atoms with Crippen molar-refractivity contribution in [1.82, 2.24) is 0 Å². The minimum Gasteiger partial charge on any atom is -0.289 e. The smallest absolute Gasteiger partial charge is 0.184 e. The van der Waals surface area contributed by atoms with Crippen molar-refractivity contribution in [3.8, 4) is 0 Å². The molecule has 1 rings (SSSR count). The van der Waals surface area contributed by atoms with Gasteiger partial charge in [-0.25, -0.2) is 0 Å². The number of carbonyl (C=O) groups excluding carboxylic acids is 1. The molecule has 0 aliphatic rings. The number of hydrogen-bond acceptors (Lipinski definition) is 1. The van der Waals surface area contributed by atoms with Crippen LogP contribution >= 0.6 is 43.4 Å². The van der Waals surface area contributed by atoms with Gasteiger partial charge in [0.25, 0.3) is 0 Å². The summed E-state index contributed by atoms with van der Waals surface area (Å²) in [4.78, 5) is 11.9. The van der Waals surface area contributed by atoms with Crippen molar-refractivity contribution in [2.75, 3.05) is 6.16 Å². The minimum atomic E-state index is -0.00838. The van der Waals surface area contributed by atoms with Gasteiger partial charge in [0.1, 0.15) is 0 Å². The number of unbranched alkanes of at least 4 members (excludes halogenated alkanes) is 1. The third-order valence-electron chi connectivity index (χ3n) is 2.09. The molecule has 1 atom stereocenters. The molecular formula is C11H12Cl3LiOP. The molecule has 0 aliphatic carbocycles. The van der Waals surface area contributed by atoms with Gasteiger partial charge in [-0.2, -0.15) is 0 Å². The average Bonchev–Trinajstić information content (AvgIpc) is 2.24. The molecule has 1 nitrogen and oxygen atoms in total. The molecule has 17 heavy (non-hydrogen) atoms. The molecule has 89 valence electrons. The zero-order chi connectivity index (χ0) is 12.1. The maximum atomic E-state index is 11.9. The van der Waals surface area contributed by atoms with E-state index >= 15 is 0 Å². The van der Waals surface area contributed by atoms with Crippen LogP contribution in [0.25, 0.3) is 0 Å². The molecule has 0 spiro atoms. The Morgan fingerprint density at radius 3 is 2.41 bits per heavy atom. The van der Waals surface area contributed by atoms with Gasteiger partial charge in [-0.15, -0.1) is 0 Å². The fraction of sp³-hybridized carbons (Fsp3) is 0.364. The van der Waals surface area contributed by atoms with Gasteiger partial charge in [0.15, 0.2) is 5.52 Å². The van der Waals surface area contributed by atoms with Crippen LogP contribution in [0, 0.1) is 0 Å². The summed E-state index contributed by atoms with van der Waals surface area (Å²) in [5.41, 5.74) is 0.358. The summed E-state index contributed by atoms with van der Waals surface area (Å²) >= 11 is 17.8. The molecule has 0 saturated heterocycles. The molecule has 0 heterocycles. The van der Waals surface area contributed by atoms with Crippen LogP contribution in [0.2, 0.25) is 15.1 Å². The van der Waals surface area contributed by atoms with Crippen molar-refractivity contribution in [3.05, 3.63) is 32.8 Å². The maximum absolute atomic E-state index is 11.9. The Labute approximate surface area is 131 Å². The van der Waals surface area contributed by atoms with Crippen LogP contribution in [0.4, 0.5) is 0 Å². The Kier molecular flexibility index (Phi) is 9.22. The first-order chi connectivity index (χ1) is 7.57. The van der Waals surface area contributed by atoms with Gasteiger partial charge in [-0.3, -0.25) is 4.79 Å². The van der Waals surface area contributed by atoms with Crippen LogP contribution < -0.4 is 0 Å². The SMILES string of the molecule is CCCCPC(=O)c1c(Cl)ccc(Cl)c1Cl.[Li]. The van der Waals surface area contributed by atoms with Gasteiger partial charge in [0.2, 0.25) is 0 Å². The Morgan fingerprint density at radius 2 is 1.82 bits per heavy atom. The van der Waals surface area contributed by atoms with Gasteiger partial charge < -0.3 is 0 Å². The largest absolute Gasteiger partial charge is 0.289 e. The molecule has 0 fully saturated rings. The summed E-state index contributed by atoms with van der Waals surface area (Å²) in [6.07, 6.45) is 3.01. The molecule has 6 heteroatoms. The van der Waals surface area contributed by atoms with E-state index in [2.05, 4.69) is 6.92 Å². The second kappa shape index (κ2) is 8.81. The van der Waals surface area contributed by atoms with Crippen molar-refractivity contribution in [2.45, 2.75) is 19.8 Å². The Morgan fingerprint density at radius 1 is 1.24 bits per heavy atom. The summed E-state index contributed by atoms with van der Waals surface area (Å²) in [6, 6.07) is 3.20. The molecule has 0 amide bonds. The van der Waals surface area contributed by atoms with E-state index in [0.717, 1.165) is 19.0 Å². The van der Waals surface area contributed by atoms with Crippen LogP contribution in [0.5, 0.6) is 0 Å². The number of halogens is 3. The van der Waals surface area contributed by atoms with Crippen LogP contribution in [0.15, 0.2) is 12.1 Å².